The number of nitrogens with zero attached hydrogens (tertiary/aromatic N) is 2. The highest BCUT2D eigenvalue weighted by Crippen LogP contribution is 2.54. The number of hydrogen-bond acceptors (Lipinski definition) is 9. The van der Waals surface area contributed by atoms with Crippen molar-refractivity contribution in [3.8, 4) is 0 Å². The van der Waals surface area contributed by atoms with Crippen molar-refractivity contribution in [1.82, 2.24) is 9.97 Å². The van der Waals surface area contributed by atoms with Crippen molar-refractivity contribution in [2.24, 2.45) is 17.8 Å². The van der Waals surface area contributed by atoms with E-state index in [0.717, 1.165) is 49.9 Å². The number of anilines is 2. The maximum atomic E-state index is 13.9. The molecule has 2 aromatic carbocycles. The van der Waals surface area contributed by atoms with Crippen LogP contribution in [0.3, 0.4) is 0 Å². The number of rotatable bonds is 17. The second-order valence-electron chi connectivity index (χ2n) is 18.0. The van der Waals surface area contributed by atoms with Gasteiger partial charge < -0.3 is 25.2 Å². The molecule has 3 fully saturated rings. The largest absolute Gasteiger partial charge is 0.430 e. The van der Waals surface area contributed by atoms with Crippen LogP contribution in [0.25, 0.3) is 0 Å². The lowest BCUT2D eigenvalue weighted by atomic mass is 9.91. The normalized spacial score (nSPS) is 17.6. The molecule has 0 radical (unpaired) electrons. The molecule has 2 amide bonds. The summed E-state index contributed by atoms with van der Waals surface area (Å²) in [6.45, 7) is 0.948. The van der Waals surface area contributed by atoms with E-state index in [0.29, 0.717) is 74.3 Å². The van der Waals surface area contributed by atoms with Crippen LogP contribution in [0.4, 0.5) is 64.1 Å². The zero-order valence-electron chi connectivity index (χ0n) is 38.1. The van der Waals surface area contributed by atoms with Crippen LogP contribution >= 0.6 is 0 Å². The molecule has 2 saturated carbocycles. The van der Waals surface area contributed by atoms with Crippen molar-refractivity contribution in [1.29, 1.82) is 0 Å². The van der Waals surface area contributed by atoms with E-state index in [9.17, 15) is 75.8 Å². The lowest BCUT2D eigenvalue weighted by Crippen LogP contribution is -2.57. The highest BCUT2D eigenvalue weighted by Gasteiger charge is 2.74. The molecule has 2 aliphatic carbocycles. The number of nitrogens with one attached hydrogen (secondary N) is 2. The molecule has 7 rings (SSSR count). The average molecular weight is 1070 g/mol. The molecule has 1 aliphatic heterocycles. The van der Waals surface area contributed by atoms with Gasteiger partial charge in [-0.1, -0.05) is 36.4 Å². The van der Waals surface area contributed by atoms with Gasteiger partial charge in [-0.3, -0.25) is 18.0 Å². The lowest BCUT2D eigenvalue weighted by molar-refractivity contribution is -0.393. The van der Waals surface area contributed by atoms with Crippen molar-refractivity contribution in [2.45, 2.75) is 91.4 Å². The number of pyridine rings is 2. The predicted octanol–water partition coefficient (Wildman–Crippen LogP) is 9.10. The van der Waals surface area contributed by atoms with Crippen molar-refractivity contribution in [3.05, 3.63) is 107 Å². The van der Waals surface area contributed by atoms with Gasteiger partial charge in [0.1, 0.15) is 10.1 Å². The second-order valence-corrected chi connectivity index (χ2v) is 22.7. The number of halogens is 12. The molecule has 2 unspecified atom stereocenters. The van der Waals surface area contributed by atoms with Gasteiger partial charge in [-0.15, -0.1) is 0 Å². The Bertz CT molecular complexity index is 2760. The number of carbonyl (C=O) groups excluding carboxylic acids is 2. The van der Waals surface area contributed by atoms with E-state index < -0.39 is 90.4 Å². The summed E-state index contributed by atoms with van der Waals surface area (Å²) in [5.41, 5.74) is -10.7. The Balaban J connectivity index is 0.000000237. The molecule has 1 saturated heterocycles. The standard InChI is InChI=1S/C25H26F6N2O4S.C22H22F6N2O3S/c1-38(35,15-16-2-3-16)22-9-4-17(11-32-22)10-21(34)33-20-7-5-19(6-8-20)23(24(26,27)28,25(29,30)31)37-14-18-12-36-13-18;1-13-9-15(11-29-19(13)34(2,33)12-14-3-4-14)10-18(31)30-17-7-5-16(6-8-17)20(32,21(23,24)25)22(26,27)28/h4-9,11,16,18H,1-3,10,12-15H2,(H,33,34);5-9,11,14,32H,2-4,10,12H2,1H3,(H,30,31). The van der Waals surface area contributed by atoms with E-state index in [1.165, 1.54) is 12.4 Å². The number of aryl methyl sites for hydroxylation is 1. The molecule has 2 aromatic heterocycles. The van der Waals surface area contributed by atoms with E-state index in [1.807, 2.05) is 0 Å². The summed E-state index contributed by atoms with van der Waals surface area (Å²) in [6, 6.07) is 10.5. The third-order valence-electron chi connectivity index (χ3n) is 11.8. The van der Waals surface area contributed by atoms with E-state index in [2.05, 4.69) is 37.1 Å². The first kappa shape index (κ1) is 56.1. The van der Waals surface area contributed by atoms with Crippen LogP contribution in [-0.2, 0) is 62.2 Å². The molecule has 72 heavy (non-hydrogen) atoms. The minimum Gasteiger partial charge on any atom is -0.381 e. The number of aliphatic hydroxyl groups is 1. The van der Waals surface area contributed by atoms with Crippen LogP contribution in [0.15, 0.2) is 89.2 Å². The number of ether oxygens (including phenoxy) is 2. The van der Waals surface area contributed by atoms with Gasteiger partial charge in [0.15, 0.2) is 0 Å². The molecule has 0 spiro atoms. The van der Waals surface area contributed by atoms with Crippen LogP contribution in [-0.4, -0.2) is 103 Å². The SMILES string of the molecule is C=S(=O)(CC1CC1)c1ccc(CC(=O)Nc2ccc(C(OCC3COC3)(C(F)(F)F)C(F)(F)F)cc2)cn1.C=S(=O)(CC1CC1)c1ncc(CC(=O)Nc2ccc(C(O)(C(F)(F)F)C(F)(F)F)cc2)cc1C. The smallest absolute Gasteiger partial charge is 0.381 e. The Labute approximate surface area is 406 Å². The van der Waals surface area contributed by atoms with E-state index in [4.69, 9.17) is 4.74 Å². The van der Waals surface area contributed by atoms with E-state index in [1.54, 1.807) is 25.1 Å². The number of benzene rings is 2. The Morgan fingerprint density at radius 3 is 1.51 bits per heavy atom. The van der Waals surface area contributed by atoms with Gasteiger partial charge in [0.2, 0.25) is 11.8 Å². The van der Waals surface area contributed by atoms with Crippen LogP contribution in [0.5, 0.6) is 0 Å². The number of amides is 2. The molecule has 25 heteroatoms. The molecule has 3 aliphatic rings. The van der Waals surface area contributed by atoms with Gasteiger partial charge in [-0.25, -0.2) is 9.97 Å². The molecule has 394 valence electrons. The number of carbonyl (C=O) groups is 2. The zero-order chi connectivity index (χ0) is 53.3. The summed E-state index contributed by atoms with van der Waals surface area (Å²) in [4.78, 5) is 33.1. The fourth-order valence-corrected chi connectivity index (χ4v) is 11.5. The van der Waals surface area contributed by atoms with Gasteiger partial charge in [-0.2, -0.15) is 52.7 Å². The zero-order valence-corrected chi connectivity index (χ0v) is 39.7. The number of alkyl halides is 12. The summed E-state index contributed by atoms with van der Waals surface area (Å²) < 4.78 is 196. The minimum atomic E-state index is -6.00. The summed E-state index contributed by atoms with van der Waals surface area (Å²) in [5, 5.41) is 14.9. The monoisotopic (exact) mass is 1070 g/mol. The van der Waals surface area contributed by atoms with Crippen LogP contribution in [0.1, 0.15) is 53.5 Å². The highest BCUT2D eigenvalue weighted by molar-refractivity contribution is 8.00. The predicted molar refractivity (Wildman–Crippen MR) is 243 cm³/mol. The third-order valence-corrected chi connectivity index (χ3v) is 15.9. The quantitative estimate of drug-likeness (QED) is 0.0694. The molecular weight excluding hydrogens is 1020 g/mol. The Kier molecular flexibility index (Phi) is 16.3. The molecule has 0 bridgehead atoms. The van der Waals surface area contributed by atoms with Crippen LogP contribution in [0.2, 0.25) is 0 Å². The number of hydrogen-bond donors (Lipinski definition) is 3. The van der Waals surface area contributed by atoms with Gasteiger partial charge in [0.05, 0.1) is 32.7 Å². The second kappa shape index (κ2) is 20.9. The summed E-state index contributed by atoms with van der Waals surface area (Å²) >= 11 is 0. The van der Waals surface area contributed by atoms with Crippen LogP contribution in [0, 0.1) is 24.7 Å². The van der Waals surface area contributed by atoms with Gasteiger partial charge in [0.25, 0.3) is 11.2 Å². The van der Waals surface area contributed by atoms with Gasteiger partial charge in [-0.05, 0) is 103 Å². The minimum absolute atomic E-state index is 0.000757. The Morgan fingerprint density at radius 1 is 0.653 bits per heavy atom. The van der Waals surface area contributed by atoms with E-state index in [-0.39, 0.29) is 37.4 Å². The average Bonchev–Trinajstić information content (AvgIpc) is 4.19. The Morgan fingerprint density at radius 2 is 1.11 bits per heavy atom. The topological polar surface area (TPSA) is 157 Å². The molecule has 2 atom stereocenters. The van der Waals surface area contributed by atoms with Crippen molar-refractivity contribution in [2.75, 3.05) is 42.0 Å². The number of aromatic nitrogens is 2. The molecule has 11 nitrogen and oxygen atoms in total. The van der Waals surface area contributed by atoms with Crippen LogP contribution < -0.4 is 10.6 Å². The first-order valence-corrected chi connectivity index (χ1v) is 25.7. The lowest BCUT2D eigenvalue weighted by Gasteiger charge is -2.39. The maximum absolute atomic E-state index is 13.9. The molecule has 3 heterocycles. The summed E-state index contributed by atoms with van der Waals surface area (Å²) in [7, 11) is -5.07. The molecular formula is C47H48F12N4O7S2. The van der Waals surface area contributed by atoms with Crippen molar-refractivity contribution in [3.63, 3.8) is 0 Å². The van der Waals surface area contributed by atoms with Crippen molar-refractivity contribution >= 4 is 54.0 Å². The fraction of sp³-hybridized carbons (Fsp3) is 0.447. The van der Waals surface area contributed by atoms with Crippen molar-refractivity contribution < 1.29 is 85.3 Å². The van der Waals surface area contributed by atoms with Gasteiger partial charge in [0, 0.05) is 71.4 Å². The Hall–Kier alpha value is -5.24. The van der Waals surface area contributed by atoms with E-state index >= 15 is 0 Å². The molecule has 3 N–H and O–H groups in total. The summed E-state index contributed by atoms with van der Waals surface area (Å²) in [5.74, 6) is 7.53. The molecule has 4 aromatic rings. The van der Waals surface area contributed by atoms with Gasteiger partial charge >= 0.3 is 24.7 Å². The summed E-state index contributed by atoms with van der Waals surface area (Å²) in [6.07, 6.45) is -17.1. The first-order chi connectivity index (χ1) is 33.3. The highest BCUT2D eigenvalue weighted by atomic mass is 32.2. The third kappa shape index (κ3) is 13.1. The first-order valence-electron chi connectivity index (χ1n) is 21.9. The fourth-order valence-electron chi connectivity index (χ4n) is 7.55. The maximum Gasteiger partial charge on any atom is 0.430 e.